The zero-order valence-corrected chi connectivity index (χ0v) is 12.7. The van der Waals surface area contributed by atoms with Gasteiger partial charge >= 0.3 is 0 Å². The number of hydrogen-bond donors (Lipinski definition) is 1. The van der Waals surface area contributed by atoms with Crippen LogP contribution < -0.4 is 10.5 Å². The van der Waals surface area contributed by atoms with Gasteiger partial charge in [-0.05, 0) is 43.7 Å². The van der Waals surface area contributed by atoms with E-state index in [1.54, 1.807) is 6.92 Å². The quantitative estimate of drug-likeness (QED) is 0.867. The molecule has 2 N–H and O–H groups in total. The summed E-state index contributed by atoms with van der Waals surface area (Å²) in [7, 11) is 0. The van der Waals surface area contributed by atoms with E-state index in [4.69, 9.17) is 33.7 Å². The number of ether oxygens (including phenoxy) is 1. The Kier molecular flexibility index (Phi) is 5.04. The van der Waals surface area contributed by atoms with Gasteiger partial charge in [-0.15, -0.1) is 0 Å². The normalized spacial score (nSPS) is 10.8. The second-order valence-corrected chi connectivity index (χ2v) is 5.31. The minimum Gasteiger partial charge on any atom is -0.454 e. The highest BCUT2D eigenvalue weighted by molar-refractivity contribution is 6.31. The molecule has 0 amide bonds. The van der Waals surface area contributed by atoms with Crippen LogP contribution in [0.15, 0.2) is 24.3 Å². The first-order valence-corrected chi connectivity index (χ1v) is 7.00. The van der Waals surface area contributed by atoms with Crippen molar-refractivity contribution in [2.75, 3.05) is 6.54 Å². The van der Waals surface area contributed by atoms with Crippen LogP contribution in [0, 0.1) is 18.6 Å². The van der Waals surface area contributed by atoms with Gasteiger partial charge in [0.15, 0.2) is 11.6 Å². The van der Waals surface area contributed by atoms with E-state index in [2.05, 4.69) is 0 Å². The lowest BCUT2D eigenvalue weighted by atomic mass is 10.1. The maximum absolute atomic E-state index is 14.1. The molecule has 0 atom stereocenters. The van der Waals surface area contributed by atoms with Crippen molar-refractivity contribution in [3.05, 3.63) is 57.1 Å². The summed E-state index contributed by atoms with van der Waals surface area (Å²) in [5.41, 5.74) is 6.28. The zero-order chi connectivity index (χ0) is 15.6. The number of nitrogens with two attached hydrogens (primary N) is 1. The first-order valence-electron chi connectivity index (χ1n) is 6.24. The van der Waals surface area contributed by atoms with Crippen molar-refractivity contribution < 1.29 is 13.5 Å². The maximum Gasteiger partial charge on any atom is 0.170 e. The van der Waals surface area contributed by atoms with Crippen molar-refractivity contribution in [1.82, 2.24) is 0 Å². The topological polar surface area (TPSA) is 35.2 Å². The van der Waals surface area contributed by atoms with Gasteiger partial charge in [-0.3, -0.25) is 0 Å². The van der Waals surface area contributed by atoms with E-state index in [9.17, 15) is 8.78 Å². The molecule has 6 heteroatoms. The lowest BCUT2D eigenvalue weighted by Gasteiger charge is -2.13. The largest absolute Gasteiger partial charge is 0.454 e. The standard InChI is InChI=1S/C15H13Cl2F2NO/c1-8-10(16)2-3-13(15(8)19)21-14-7-11(17)12(18)6-9(14)4-5-20/h2-3,6-7H,4-5,20H2,1H3. The molecule has 2 aromatic carbocycles. The molecule has 2 rings (SSSR count). The van der Waals surface area contributed by atoms with E-state index in [1.165, 1.54) is 24.3 Å². The summed E-state index contributed by atoms with van der Waals surface area (Å²) in [6.45, 7) is 1.85. The van der Waals surface area contributed by atoms with E-state index in [0.717, 1.165) is 0 Å². The van der Waals surface area contributed by atoms with Crippen molar-refractivity contribution >= 4 is 23.2 Å². The van der Waals surface area contributed by atoms with Gasteiger partial charge in [0.2, 0.25) is 0 Å². The molecule has 0 bridgehead atoms. The van der Waals surface area contributed by atoms with Crippen LogP contribution >= 0.6 is 23.2 Å². The molecule has 0 aliphatic rings. The molecule has 0 aromatic heterocycles. The van der Waals surface area contributed by atoms with Crippen molar-refractivity contribution in [2.45, 2.75) is 13.3 Å². The van der Waals surface area contributed by atoms with Crippen molar-refractivity contribution in [1.29, 1.82) is 0 Å². The van der Waals surface area contributed by atoms with Crippen LogP contribution in [-0.2, 0) is 6.42 Å². The average molecular weight is 332 g/mol. The Bertz CT molecular complexity index is 677. The third kappa shape index (κ3) is 3.46. The number of rotatable bonds is 4. The fourth-order valence-corrected chi connectivity index (χ4v) is 2.15. The molecule has 21 heavy (non-hydrogen) atoms. The molecule has 0 heterocycles. The lowest BCUT2D eigenvalue weighted by molar-refractivity contribution is 0.434. The number of benzene rings is 2. The molecule has 2 nitrogen and oxygen atoms in total. The smallest absolute Gasteiger partial charge is 0.170 e. The van der Waals surface area contributed by atoms with Gasteiger partial charge in [0.25, 0.3) is 0 Å². The van der Waals surface area contributed by atoms with Crippen LogP contribution in [0.3, 0.4) is 0 Å². The van der Waals surface area contributed by atoms with E-state index in [0.29, 0.717) is 23.6 Å². The van der Waals surface area contributed by atoms with Crippen LogP contribution in [0.1, 0.15) is 11.1 Å². The van der Waals surface area contributed by atoms with Crippen LogP contribution in [0.4, 0.5) is 8.78 Å². The third-order valence-electron chi connectivity index (χ3n) is 3.02. The second kappa shape index (κ2) is 6.60. The second-order valence-electron chi connectivity index (χ2n) is 4.50. The summed E-state index contributed by atoms with van der Waals surface area (Å²) in [4.78, 5) is 0. The third-order valence-corrected chi connectivity index (χ3v) is 3.72. The Morgan fingerprint density at radius 1 is 1.10 bits per heavy atom. The molecule has 0 spiro atoms. The molecular weight excluding hydrogens is 319 g/mol. The van der Waals surface area contributed by atoms with E-state index in [1.807, 2.05) is 0 Å². The Balaban J connectivity index is 2.43. The van der Waals surface area contributed by atoms with Gasteiger partial charge in [-0.1, -0.05) is 23.2 Å². The highest BCUT2D eigenvalue weighted by atomic mass is 35.5. The number of halogens is 4. The Morgan fingerprint density at radius 2 is 1.81 bits per heavy atom. The molecule has 0 aliphatic heterocycles. The zero-order valence-electron chi connectivity index (χ0n) is 11.2. The number of hydrogen-bond acceptors (Lipinski definition) is 2. The Labute approximate surface area is 131 Å². The minimum atomic E-state index is -0.569. The summed E-state index contributed by atoms with van der Waals surface area (Å²) in [5.74, 6) is -0.868. The van der Waals surface area contributed by atoms with Gasteiger partial charge in [-0.2, -0.15) is 0 Å². The summed E-state index contributed by atoms with van der Waals surface area (Å²) < 4.78 is 33.1. The molecule has 0 radical (unpaired) electrons. The summed E-state index contributed by atoms with van der Waals surface area (Å²) in [5, 5.41) is 0.205. The summed E-state index contributed by atoms with van der Waals surface area (Å²) in [6.07, 6.45) is 0.387. The maximum atomic E-state index is 14.1. The Morgan fingerprint density at radius 3 is 2.48 bits per heavy atom. The predicted octanol–water partition coefficient (Wildman–Crippen LogP) is 4.87. The van der Waals surface area contributed by atoms with Crippen LogP contribution in [0.5, 0.6) is 11.5 Å². The molecule has 112 valence electrons. The summed E-state index contributed by atoms with van der Waals surface area (Å²) in [6, 6.07) is 5.49. The first kappa shape index (κ1) is 16.0. The molecular formula is C15H13Cl2F2NO. The monoisotopic (exact) mass is 331 g/mol. The highest BCUT2D eigenvalue weighted by Crippen LogP contribution is 2.34. The average Bonchev–Trinajstić information content (AvgIpc) is 2.45. The van der Waals surface area contributed by atoms with Gasteiger partial charge in [0.1, 0.15) is 11.6 Å². The van der Waals surface area contributed by atoms with Crippen LogP contribution in [-0.4, -0.2) is 6.54 Å². The van der Waals surface area contributed by atoms with E-state index >= 15 is 0 Å². The first-order chi connectivity index (χ1) is 9.93. The van der Waals surface area contributed by atoms with Crippen LogP contribution in [0.2, 0.25) is 10.0 Å². The fourth-order valence-electron chi connectivity index (χ4n) is 1.85. The molecule has 0 saturated carbocycles. The molecule has 0 unspecified atom stereocenters. The SMILES string of the molecule is Cc1c(Cl)ccc(Oc2cc(Cl)c(F)cc2CCN)c1F. The predicted molar refractivity (Wildman–Crippen MR) is 80.4 cm³/mol. The van der Waals surface area contributed by atoms with Gasteiger partial charge in [0.05, 0.1) is 5.02 Å². The van der Waals surface area contributed by atoms with Crippen LogP contribution in [0.25, 0.3) is 0 Å². The molecule has 0 saturated heterocycles. The van der Waals surface area contributed by atoms with Crippen molar-refractivity contribution in [2.24, 2.45) is 5.73 Å². The van der Waals surface area contributed by atoms with E-state index in [-0.39, 0.29) is 22.1 Å². The van der Waals surface area contributed by atoms with Gasteiger partial charge < -0.3 is 10.5 Å². The minimum absolute atomic E-state index is 0.00199. The van der Waals surface area contributed by atoms with Gasteiger partial charge in [0, 0.05) is 16.7 Å². The highest BCUT2D eigenvalue weighted by Gasteiger charge is 2.14. The van der Waals surface area contributed by atoms with Gasteiger partial charge in [-0.25, -0.2) is 8.78 Å². The molecule has 0 aliphatic carbocycles. The van der Waals surface area contributed by atoms with Crippen molar-refractivity contribution in [3.8, 4) is 11.5 Å². The lowest BCUT2D eigenvalue weighted by Crippen LogP contribution is -2.05. The summed E-state index contributed by atoms with van der Waals surface area (Å²) >= 11 is 11.6. The molecule has 2 aromatic rings. The molecule has 0 fully saturated rings. The van der Waals surface area contributed by atoms with E-state index < -0.39 is 11.6 Å². The fraction of sp³-hybridized carbons (Fsp3) is 0.200. The van der Waals surface area contributed by atoms with Crippen molar-refractivity contribution in [3.63, 3.8) is 0 Å². The Hall–Kier alpha value is -1.36.